The molecule has 0 heterocycles. The van der Waals surface area contributed by atoms with E-state index in [2.05, 4.69) is 5.32 Å². The first-order valence-electron chi connectivity index (χ1n) is 5.68. The molecule has 0 radical (unpaired) electrons. The van der Waals surface area contributed by atoms with Crippen LogP contribution in [0.3, 0.4) is 0 Å². The molecule has 1 fully saturated rings. The van der Waals surface area contributed by atoms with Gasteiger partial charge in [0, 0.05) is 12.0 Å². The Morgan fingerprint density at radius 3 is 2.59 bits per heavy atom. The highest BCUT2D eigenvalue weighted by Gasteiger charge is 2.45. The summed E-state index contributed by atoms with van der Waals surface area (Å²) in [7, 11) is 0. The third-order valence-electron chi connectivity index (χ3n) is 3.36. The van der Waals surface area contributed by atoms with E-state index in [4.69, 9.17) is 11.6 Å². The van der Waals surface area contributed by atoms with Gasteiger partial charge >= 0.3 is 0 Å². The van der Waals surface area contributed by atoms with Gasteiger partial charge in [-0.15, -0.1) is 11.6 Å². The van der Waals surface area contributed by atoms with E-state index in [-0.39, 0.29) is 17.2 Å². The number of carbonyl (C=O) groups excluding carboxylic acids is 1. The van der Waals surface area contributed by atoms with E-state index >= 15 is 0 Å². The predicted octanol–water partition coefficient (Wildman–Crippen LogP) is 2.41. The largest absolute Gasteiger partial charge is 0.354 e. The fraction of sp³-hybridized carbons (Fsp3) is 0.462. The van der Waals surface area contributed by atoms with E-state index in [1.807, 2.05) is 30.3 Å². The number of alkyl halides is 2. The number of hydrogen-bond donors (Lipinski definition) is 1. The average molecular weight is 256 g/mol. The second kappa shape index (κ2) is 5.05. The summed E-state index contributed by atoms with van der Waals surface area (Å²) < 4.78 is 13.2. The topological polar surface area (TPSA) is 29.1 Å². The monoisotopic (exact) mass is 255 g/mol. The molecule has 4 heteroatoms. The minimum atomic E-state index is -0.761. The fourth-order valence-corrected chi connectivity index (χ4v) is 2.47. The van der Waals surface area contributed by atoms with Crippen LogP contribution in [0.15, 0.2) is 30.3 Å². The van der Waals surface area contributed by atoms with Crippen LogP contribution in [0.25, 0.3) is 0 Å². The van der Waals surface area contributed by atoms with Gasteiger partial charge in [-0.25, -0.2) is 4.39 Å². The van der Waals surface area contributed by atoms with Crippen LogP contribution in [0.2, 0.25) is 0 Å². The van der Waals surface area contributed by atoms with E-state index in [0.717, 1.165) is 5.56 Å². The quantitative estimate of drug-likeness (QED) is 0.823. The molecule has 1 saturated carbocycles. The summed E-state index contributed by atoms with van der Waals surface area (Å²) in [4.78, 5) is 11.2. The van der Waals surface area contributed by atoms with E-state index in [9.17, 15) is 9.18 Å². The summed E-state index contributed by atoms with van der Waals surface area (Å²) in [6, 6.07) is 9.77. The van der Waals surface area contributed by atoms with Crippen molar-refractivity contribution in [2.24, 2.45) is 0 Å². The first-order valence-corrected chi connectivity index (χ1v) is 6.22. The van der Waals surface area contributed by atoms with Gasteiger partial charge in [0.15, 0.2) is 0 Å². The van der Waals surface area contributed by atoms with E-state index in [1.54, 1.807) is 0 Å². The molecule has 2 rings (SSSR count). The third-order valence-corrected chi connectivity index (χ3v) is 3.60. The van der Waals surface area contributed by atoms with Crippen molar-refractivity contribution in [2.45, 2.75) is 24.4 Å². The van der Waals surface area contributed by atoms with Gasteiger partial charge in [0.05, 0.1) is 0 Å². The van der Waals surface area contributed by atoms with Crippen molar-refractivity contribution >= 4 is 17.5 Å². The Morgan fingerprint density at radius 1 is 1.41 bits per heavy atom. The highest BCUT2D eigenvalue weighted by atomic mass is 35.5. The van der Waals surface area contributed by atoms with Crippen molar-refractivity contribution in [3.63, 3.8) is 0 Å². The van der Waals surface area contributed by atoms with Crippen molar-refractivity contribution in [1.82, 2.24) is 5.32 Å². The van der Waals surface area contributed by atoms with Crippen molar-refractivity contribution < 1.29 is 9.18 Å². The van der Waals surface area contributed by atoms with Gasteiger partial charge in [-0.3, -0.25) is 4.79 Å². The summed E-state index contributed by atoms with van der Waals surface area (Å²) in [5, 5.41) is 2.76. The second-order valence-electron chi connectivity index (χ2n) is 4.56. The van der Waals surface area contributed by atoms with Gasteiger partial charge in [0.25, 0.3) is 0 Å². The van der Waals surface area contributed by atoms with Crippen LogP contribution in [0.4, 0.5) is 4.39 Å². The molecule has 0 unspecified atom stereocenters. The maximum Gasteiger partial charge on any atom is 0.234 e. The van der Waals surface area contributed by atoms with Crippen LogP contribution >= 0.6 is 11.6 Å². The normalized spacial score (nSPS) is 27.3. The lowest BCUT2D eigenvalue weighted by Crippen LogP contribution is -2.51. The lowest BCUT2D eigenvalue weighted by Gasteiger charge is -2.45. The molecule has 0 aliphatic heterocycles. The summed E-state index contributed by atoms with van der Waals surface area (Å²) in [6.45, 7) is 0.461. The fourth-order valence-electron chi connectivity index (χ4n) is 2.38. The van der Waals surface area contributed by atoms with Crippen molar-refractivity contribution in [2.75, 3.05) is 12.4 Å². The van der Waals surface area contributed by atoms with Crippen LogP contribution < -0.4 is 5.32 Å². The first kappa shape index (κ1) is 12.4. The van der Waals surface area contributed by atoms with Crippen molar-refractivity contribution in [1.29, 1.82) is 0 Å². The Morgan fingerprint density at radius 2 is 2.06 bits per heavy atom. The molecule has 0 atom stereocenters. The van der Waals surface area contributed by atoms with Crippen LogP contribution in [-0.4, -0.2) is 24.5 Å². The minimum absolute atomic E-state index is 0.0517. The van der Waals surface area contributed by atoms with Crippen LogP contribution in [0.5, 0.6) is 0 Å². The molecule has 0 bridgehead atoms. The molecule has 92 valence electrons. The van der Waals surface area contributed by atoms with E-state index in [1.165, 1.54) is 0 Å². The smallest absolute Gasteiger partial charge is 0.234 e. The Kier molecular flexibility index (Phi) is 3.67. The molecule has 1 amide bonds. The van der Waals surface area contributed by atoms with Gasteiger partial charge in [-0.1, -0.05) is 30.3 Å². The molecule has 1 N–H and O–H groups in total. The number of amides is 1. The molecule has 2 nitrogen and oxygen atoms in total. The van der Waals surface area contributed by atoms with Gasteiger partial charge in [0.2, 0.25) is 5.91 Å². The van der Waals surface area contributed by atoms with Crippen molar-refractivity contribution in [3.05, 3.63) is 35.9 Å². The standard InChI is InChI=1S/C13H15ClFNO/c14-8-12(17)16-9-13(6-11(15)7-13)10-4-2-1-3-5-10/h1-5,11H,6-9H2,(H,16,17). The summed E-state index contributed by atoms with van der Waals surface area (Å²) >= 11 is 5.43. The highest BCUT2D eigenvalue weighted by Crippen LogP contribution is 2.44. The number of carbonyl (C=O) groups is 1. The molecular formula is C13H15ClFNO. The molecule has 1 aliphatic rings. The van der Waals surface area contributed by atoms with Gasteiger partial charge in [-0.05, 0) is 18.4 Å². The summed E-state index contributed by atoms with van der Waals surface area (Å²) in [5.74, 6) is -0.256. The van der Waals surface area contributed by atoms with Gasteiger partial charge in [0.1, 0.15) is 12.1 Å². The number of halogens is 2. The molecule has 1 aromatic carbocycles. The molecule has 1 aromatic rings. The molecule has 0 spiro atoms. The van der Waals surface area contributed by atoms with Crippen LogP contribution in [0, 0.1) is 0 Å². The Hall–Kier alpha value is -1.09. The van der Waals surface area contributed by atoms with Gasteiger partial charge < -0.3 is 5.32 Å². The van der Waals surface area contributed by atoms with E-state index < -0.39 is 6.17 Å². The Labute approximate surface area is 105 Å². The minimum Gasteiger partial charge on any atom is -0.354 e. The lowest BCUT2D eigenvalue weighted by molar-refractivity contribution is -0.119. The van der Waals surface area contributed by atoms with Crippen molar-refractivity contribution in [3.8, 4) is 0 Å². The number of hydrogen-bond acceptors (Lipinski definition) is 1. The summed E-state index contributed by atoms with van der Waals surface area (Å²) in [5.41, 5.74) is 0.839. The highest BCUT2D eigenvalue weighted by molar-refractivity contribution is 6.27. The average Bonchev–Trinajstić information content (AvgIpc) is 2.33. The maximum absolute atomic E-state index is 13.2. The number of rotatable bonds is 4. The Balaban J connectivity index is 2.09. The van der Waals surface area contributed by atoms with E-state index in [0.29, 0.717) is 19.4 Å². The maximum atomic E-state index is 13.2. The molecule has 1 aliphatic carbocycles. The zero-order valence-corrected chi connectivity index (χ0v) is 10.2. The zero-order valence-electron chi connectivity index (χ0n) is 9.46. The molecule has 17 heavy (non-hydrogen) atoms. The number of nitrogens with one attached hydrogen (secondary N) is 1. The SMILES string of the molecule is O=C(CCl)NCC1(c2ccccc2)CC(F)C1. The summed E-state index contributed by atoms with van der Waals surface area (Å²) in [6.07, 6.45) is 0.183. The Bertz CT molecular complexity index is 390. The van der Waals surface area contributed by atoms with Crippen LogP contribution in [0.1, 0.15) is 18.4 Å². The first-order chi connectivity index (χ1) is 8.16. The molecular weight excluding hydrogens is 241 g/mol. The third kappa shape index (κ3) is 2.60. The van der Waals surface area contributed by atoms with Gasteiger partial charge in [-0.2, -0.15) is 0 Å². The molecule has 0 aromatic heterocycles. The zero-order chi connectivity index (χ0) is 12.3. The lowest BCUT2D eigenvalue weighted by atomic mass is 9.63. The molecule has 0 saturated heterocycles. The second-order valence-corrected chi connectivity index (χ2v) is 4.83. The van der Waals surface area contributed by atoms with Crippen LogP contribution in [-0.2, 0) is 10.2 Å². The number of benzene rings is 1. The predicted molar refractivity (Wildman–Crippen MR) is 66.0 cm³/mol.